The largest absolute Gasteiger partial charge is 0.500 e. The van der Waals surface area contributed by atoms with Gasteiger partial charge in [-0.2, -0.15) is 0 Å². The van der Waals surface area contributed by atoms with Crippen molar-refractivity contribution in [1.82, 2.24) is 0 Å². The van der Waals surface area contributed by atoms with Crippen molar-refractivity contribution in [2.45, 2.75) is 57.9 Å². The Morgan fingerprint density at radius 2 is 1.30 bits per heavy atom. The second kappa shape index (κ2) is 13.5. The van der Waals surface area contributed by atoms with E-state index >= 15 is 0 Å². The summed E-state index contributed by atoms with van der Waals surface area (Å²) in [5.41, 5.74) is 0. The zero-order valence-electron chi connectivity index (χ0n) is 13.6. The van der Waals surface area contributed by atoms with Crippen LogP contribution in [0.3, 0.4) is 0 Å². The van der Waals surface area contributed by atoms with Crippen molar-refractivity contribution in [3.63, 3.8) is 0 Å². The molecule has 0 aliphatic rings. The predicted octanol–water partition coefficient (Wildman–Crippen LogP) is 5.25. The minimum absolute atomic E-state index is 0.345. The lowest BCUT2D eigenvalue weighted by atomic mass is 10.1. The molecule has 0 aliphatic carbocycles. The normalized spacial score (nSPS) is 13.7. The molecular formula is C14H32ClO3PSi. The molecule has 20 heavy (non-hydrogen) atoms. The molecule has 0 aromatic heterocycles. The summed E-state index contributed by atoms with van der Waals surface area (Å²) >= 11 is 6.44. The van der Waals surface area contributed by atoms with Crippen molar-refractivity contribution in [2.75, 3.05) is 33.7 Å². The van der Waals surface area contributed by atoms with Gasteiger partial charge >= 0.3 is 8.80 Å². The van der Waals surface area contributed by atoms with Crippen LogP contribution in [0, 0.1) is 0 Å². The quantitative estimate of drug-likeness (QED) is 0.245. The summed E-state index contributed by atoms with van der Waals surface area (Å²) in [4.78, 5) is 0. The van der Waals surface area contributed by atoms with Crippen LogP contribution in [0.4, 0.5) is 0 Å². The molecule has 0 aliphatic heterocycles. The van der Waals surface area contributed by atoms with Crippen LogP contribution in [-0.2, 0) is 13.3 Å². The van der Waals surface area contributed by atoms with Gasteiger partial charge in [-0.15, -0.1) is 0 Å². The third-order valence-electron chi connectivity index (χ3n) is 3.57. The Balaban J connectivity index is 3.59. The molecule has 122 valence electrons. The maximum absolute atomic E-state index is 6.44. The minimum Gasteiger partial charge on any atom is -0.377 e. The summed E-state index contributed by atoms with van der Waals surface area (Å²) in [5.74, 6) is 0. The van der Waals surface area contributed by atoms with Crippen LogP contribution in [-0.4, -0.2) is 42.5 Å². The number of rotatable bonds is 14. The molecular weight excluding hydrogens is 311 g/mol. The molecule has 6 heteroatoms. The smallest absolute Gasteiger partial charge is 0.377 e. The van der Waals surface area contributed by atoms with Gasteiger partial charge in [0.15, 0.2) is 0 Å². The zero-order valence-corrected chi connectivity index (χ0v) is 16.3. The number of halogens is 1. The van der Waals surface area contributed by atoms with E-state index in [2.05, 4.69) is 6.92 Å². The first-order valence-corrected chi connectivity index (χ1v) is 12.2. The first kappa shape index (κ1) is 20.8. The van der Waals surface area contributed by atoms with Crippen LogP contribution in [0.5, 0.6) is 0 Å². The molecule has 1 unspecified atom stereocenters. The molecule has 0 N–H and O–H groups in total. The maximum Gasteiger partial charge on any atom is 0.500 e. The summed E-state index contributed by atoms with van der Waals surface area (Å²) < 4.78 is 16.2. The highest BCUT2D eigenvalue weighted by molar-refractivity contribution is 7.83. The number of unbranched alkanes of at least 4 members (excludes halogenated alkanes) is 5. The molecule has 0 fully saturated rings. The van der Waals surface area contributed by atoms with E-state index < -0.39 is 8.80 Å². The highest BCUT2D eigenvalue weighted by Gasteiger charge is 2.36. The molecule has 0 rings (SSSR count). The molecule has 0 saturated heterocycles. The van der Waals surface area contributed by atoms with Crippen LogP contribution in [0.1, 0.15) is 51.9 Å². The van der Waals surface area contributed by atoms with Crippen LogP contribution in [0.2, 0.25) is 6.04 Å². The fourth-order valence-corrected chi connectivity index (χ4v) is 6.23. The molecule has 0 aromatic rings. The molecule has 0 radical (unpaired) electrons. The highest BCUT2D eigenvalue weighted by atomic mass is 35.7. The number of hydrogen-bond donors (Lipinski definition) is 0. The second-order valence-electron chi connectivity index (χ2n) is 5.08. The number of hydrogen-bond acceptors (Lipinski definition) is 3. The molecule has 1 atom stereocenters. The Hall–Kier alpha value is 0.817. The average Bonchev–Trinajstić information content (AvgIpc) is 2.48. The predicted molar refractivity (Wildman–Crippen MR) is 92.1 cm³/mol. The Bertz CT molecular complexity index is 210. The van der Waals surface area contributed by atoms with E-state index in [1.165, 1.54) is 44.7 Å². The Kier molecular flexibility index (Phi) is 14.0. The van der Waals surface area contributed by atoms with E-state index in [9.17, 15) is 0 Å². The molecule has 3 nitrogen and oxygen atoms in total. The minimum atomic E-state index is -2.39. The van der Waals surface area contributed by atoms with Gasteiger partial charge in [-0.1, -0.05) is 50.3 Å². The van der Waals surface area contributed by atoms with Crippen molar-refractivity contribution in [3.05, 3.63) is 0 Å². The SMILES string of the molecule is CCCCCCCCP(Cl)CCC[Si](OC)(OC)OC. The topological polar surface area (TPSA) is 27.7 Å². The van der Waals surface area contributed by atoms with Crippen LogP contribution < -0.4 is 0 Å². The third kappa shape index (κ3) is 9.70. The molecule has 0 spiro atoms. The monoisotopic (exact) mass is 342 g/mol. The van der Waals surface area contributed by atoms with Gasteiger partial charge in [0.25, 0.3) is 0 Å². The van der Waals surface area contributed by atoms with Gasteiger partial charge in [-0.05, 0) is 32.4 Å². The lowest BCUT2D eigenvalue weighted by Crippen LogP contribution is -2.42. The van der Waals surface area contributed by atoms with Gasteiger partial charge in [0, 0.05) is 27.4 Å². The summed E-state index contributed by atoms with van der Waals surface area (Å²) in [6.45, 7) is 2.25. The molecule has 0 bridgehead atoms. The zero-order chi connectivity index (χ0) is 15.3. The van der Waals surface area contributed by atoms with Crippen molar-refractivity contribution in [1.29, 1.82) is 0 Å². The average molecular weight is 343 g/mol. The fraction of sp³-hybridized carbons (Fsp3) is 1.00. The summed E-state index contributed by atoms with van der Waals surface area (Å²) in [7, 11) is 2.27. The van der Waals surface area contributed by atoms with Crippen LogP contribution >= 0.6 is 18.5 Å². The Morgan fingerprint density at radius 1 is 0.800 bits per heavy atom. The maximum atomic E-state index is 6.44. The van der Waals surface area contributed by atoms with Crippen LogP contribution in [0.25, 0.3) is 0 Å². The van der Waals surface area contributed by atoms with Crippen molar-refractivity contribution >= 4 is 27.3 Å². The third-order valence-corrected chi connectivity index (χ3v) is 9.02. The lowest BCUT2D eigenvalue weighted by Gasteiger charge is -2.24. The van der Waals surface area contributed by atoms with E-state index in [0.717, 1.165) is 18.6 Å². The first-order chi connectivity index (χ1) is 9.64. The van der Waals surface area contributed by atoms with Gasteiger partial charge in [0.1, 0.15) is 0 Å². The molecule has 0 aromatic carbocycles. The molecule has 0 amide bonds. The van der Waals surface area contributed by atoms with Crippen LogP contribution in [0.15, 0.2) is 0 Å². The van der Waals surface area contributed by atoms with E-state index in [0.29, 0.717) is 0 Å². The van der Waals surface area contributed by atoms with Crippen molar-refractivity contribution < 1.29 is 13.3 Å². The Labute approximate surface area is 132 Å². The molecule has 0 saturated carbocycles. The first-order valence-electron chi connectivity index (χ1n) is 7.70. The second-order valence-corrected chi connectivity index (χ2v) is 11.4. The lowest BCUT2D eigenvalue weighted by molar-refractivity contribution is 0.123. The van der Waals surface area contributed by atoms with Crippen molar-refractivity contribution in [2.24, 2.45) is 0 Å². The highest BCUT2D eigenvalue weighted by Crippen LogP contribution is 2.43. The van der Waals surface area contributed by atoms with Gasteiger partial charge < -0.3 is 13.3 Å². The van der Waals surface area contributed by atoms with E-state index in [4.69, 9.17) is 24.5 Å². The van der Waals surface area contributed by atoms with Crippen molar-refractivity contribution in [3.8, 4) is 0 Å². The fourth-order valence-electron chi connectivity index (χ4n) is 2.20. The summed E-state index contributed by atoms with van der Waals surface area (Å²) in [5, 5.41) is 0. The Morgan fingerprint density at radius 3 is 1.85 bits per heavy atom. The molecule has 0 heterocycles. The standard InChI is InChI=1S/C14H32ClO3PSi/c1-5-6-7-8-9-10-12-19(15)13-11-14-20(16-2,17-3)18-4/h5-14H2,1-4H3. The summed E-state index contributed by atoms with van der Waals surface area (Å²) in [6, 6.07) is 0.860. The van der Waals surface area contributed by atoms with E-state index in [1.54, 1.807) is 21.3 Å². The van der Waals surface area contributed by atoms with E-state index in [-0.39, 0.29) is 7.27 Å². The van der Waals surface area contributed by atoms with Gasteiger partial charge in [0.2, 0.25) is 0 Å². The summed E-state index contributed by atoms with van der Waals surface area (Å²) in [6.07, 6.45) is 11.3. The van der Waals surface area contributed by atoms with Gasteiger partial charge in [-0.3, -0.25) is 0 Å². The van der Waals surface area contributed by atoms with E-state index in [1.807, 2.05) is 0 Å². The van der Waals surface area contributed by atoms with Gasteiger partial charge in [-0.25, -0.2) is 0 Å². The van der Waals surface area contributed by atoms with Gasteiger partial charge in [0.05, 0.1) is 0 Å².